The van der Waals surface area contributed by atoms with E-state index in [1.807, 2.05) is 0 Å². The van der Waals surface area contributed by atoms with Gasteiger partial charge in [0, 0.05) is 25.4 Å². The summed E-state index contributed by atoms with van der Waals surface area (Å²) in [7, 11) is 3.51. The Morgan fingerprint density at radius 1 is 1.10 bits per heavy atom. The number of hydrogen-bond donors (Lipinski definition) is 5. The number of amides is 1. The lowest BCUT2D eigenvalue weighted by Gasteiger charge is -2.44. The second-order valence-electron chi connectivity index (χ2n) is 8.18. The maximum absolute atomic E-state index is 13.3. The molecule has 31 heavy (non-hydrogen) atoms. The molecule has 3 atom stereocenters. The zero-order valence-electron chi connectivity index (χ0n) is 16.7. The summed E-state index contributed by atoms with van der Waals surface area (Å²) in [5, 5.41) is 42.4. The number of phenolic OH excluding ortho intramolecular Hbond substituents is 1. The quantitative estimate of drug-likeness (QED) is 0.311. The number of rotatable bonds is 2. The summed E-state index contributed by atoms with van der Waals surface area (Å²) in [6, 6.07) is 2.98. The molecule has 4 rings (SSSR count). The number of carbonyl (C=O) groups excluding carboxylic acids is 4. The van der Waals surface area contributed by atoms with Gasteiger partial charge in [-0.25, -0.2) is 0 Å². The molecule has 1 aromatic carbocycles. The first-order chi connectivity index (χ1) is 14.4. The van der Waals surface area contributed by atoms with Gasteiger partial charge in [0.05, 0.1) is 11.5 Å². The van der Waals surface area contributed by atoms with Crippen molar-refractivity contribution in [2.45, 2.75) is 18.4 Å². The van der Waals surface area contributed by atoms with E-state index < -0.39 is 57.8 Å². The van der Waals surface area contributed by atoms with Crippen molar-refractivity contribution >= 4 is 34.7 Å². The second-order valence-corrected chi connectivity index (χ2v) is 8.18. The number of fused-ring (bicyclic) bond motifs is 3. The Hall–Kier alpha value is -3.66. The number of aromatic hydroxyl groups is 1. The van der Waals surface area contributed by atoms with Gasteiger partial charge in [-0.15, -0.1) is 0 Å². The molecule has 1 fully saturated rings. The molecule has 0 heterocycles. The molecule has 0 bridgehead atoms. The molecule has 0 aliphatic heterocycles. The maximum atomic E-state index is 13.3. The van der Waals surface area contributed by atoms with Crippen molar-refractivity contribution in [3.63, 3.8) is 0 Å². The number of primary amides is 1. The highest BCUT2D eigenvalue weighted by atomic mass is 16.3. The minimum absolute atomic E-state index is 0.00375. The fourth-order valence-corrected chi connectivity index (χ4v) is 4.88. The molecule has 0 aromatic heterocycles. The van der Waals surface area contributed by atoms with Crippen molar-refractivity contribution in [2.24, 2.45) is 17.6 Å². The number of hydrogen-bond acceptors (Lipinski definition) is 9. The third kappa shape index (κ3) is 2.48. The van der Waals surface area contributed by atoms with Crippen LogP contribution in [0.5, 0.6) is 5.75 Å². The van der Waals surface area contributed by atoms with Crippen LogP contribution in [0, 0.1) is 11.8 Å². The normalized spacial score (nSPS) is 27.6. The van der Waals surface area contributed by atoms with E-state index in [0.717, 1.165) is 0 Å². The van der Waals surface area contributed by atoms with E-state index in [2.05, 4.69) is 0 Å². The molecule has 1 saturated carbocycles. The number of ketones is 3. The number of Topliss-reactive ketones (excluding diaryl/α,β-unsaturated/α-hetero) is 3. The number of allylic oxidation sites excluding steroid dienone is 1. The summed E-state index contributed by atoms with van der Waals surface area (Å²) in [6.07, 6.45) is -0.117. The number of benzene rings is 1. The Bertz CT molecular complexity index is 1160. The van der Waals surface area contributed by atoms with Crippen LogP contribution in [0.1, 0.15) is 17.5 Å². The van der Waals surface area contributed by atoms with Crippen LogP contribution in [-0.4, -0.2) is 63.4 Å². The van der Waals surface area contributed by atoms with Gasteiger partial charge in [0.15, 0.2) is 5.76 Å². The zero-order chi connectivity index (χ0) is 23.0. The van der Waals surface area contributed by atoms with Crippen LogP contribution in [0.25, 0.3) is 5.76 Å². The van der Waals surface area contributed by atoms with E-state index in [0.29, 0.717) is 11.3 Å². The number of nitrogens with zero attached hydrogens (tertiary/aromatic N) is 1. The molecule has 0 radical (unpaired) electrons. The monoisotopic (exact) mass is 428 g/mol. The van der Waals surface area contributed by atoms with Gasteiger partial charge < -0.3 is 31.1 Å². The molecule has 3 aliphatic carbocycles. The molecule has 6 N–H and O–H groups in total. The van der Waals surface area contributed by atoms with Crippen molar-refractivity contribution in [1.82, 2.24) is 0 Å². The van der Waals surface area contributed by atoms with Gasteiger partial charge in [0.2, 0.25) is 23.0 Å². The molecule has 0 unspecified atom stereocenters. The van der Waals surface area contributed by atoms with Gasteiger partial charge in [-0.2, -0.15) is 0 Å². The highest BCUT2D eigenvalue weighted by Gasteiger charge is 2.64. The minimum Gasteiger partial charge on any atom is -0.507 e. The number of aliphatic hydroxyl groups excluding tert-OH is 2. The lowest BCUT2D eigenvalue weighted by atomic mass is 9.58. The first kappa shape index (κ1) is 20.6. The highest BCUT2D eigenvalue weighted by molar-refractivity contribution is 6.37. The maximum Gasteiger partial charge on any atom is 0.256 e. The van der Waals surface area contributed by atoms with Crippen molar-refractivity contribution in [1.29, 1.82) is 0 Å². The molecule has 10 heteroatoms. The molecule has 162 valence electrons. The molecule has 1 amide bonds. The van der Waals surface area contributed by atoms with Gasteiger partial charge in [-0.05, 0) is 36.5 Å². The van der Waals surface area contributed by atoms with Crippen LogP contribution in [0.3, 0.4) is 0 Å². The topological polar surface area (TPSA) is 178 Å². The standard InChI is InChI=1S/C21H20N2O8/c1-23(2)10-3-4-11(24)13-8(10)5-7-6-9-15(25)17(27)14(20(22)30)19(29)21(9,31)18(28)12(7)16(13)26/h3-4,7,9,24,26-27,31H,5-6H2,1-2H3,(H2,22,30)/t7-,9-,21-/m0/s1. The number of anilines is 1. The first-order valence-electron chi connectivity index (χ1n) is 9.47. The van der Waals surface area contributed by atoms with E-state index in [1.165, 1.54) is 6.07 Å². The number of carbonyl (C=O) groups is 4. The Labute approximate surface area is 175 Å². The SMILES string of the molecule is CN(C)c1ccc(O)c2c1C[C@H]1C[C@H]3C(=O)C(O)=C(C(N)=O)C(=O)[C@@]3(O)C(=O)C1=C2O. The van der Waals surface area contributed by atoms with Crippen LogP contribution < -0.4 is 10.6 Å². The van der Waals surface area contributed by atoms with Gasteiger partial charge in [-0.1, -0.05) is 0 Å². The highest BCUT2D eigenvalue weighted by Crippen LogP contribution is 2.51. The number of aliphatic hydroxyl groups is 3. The molecule has 0 spiro atoms. The van der Waals surface area contributed by atoms with Crippen LogP contribution in [0.15, 0.2) is 29.0 Å². The largest absolute Gasteiger partial charge is 0.507 e. The van der Waals surface area contributed by atoms with Crippen molar-refractivity contribution in [2.75, 3.05) is 19.0 Å². The number of phenols is 1. The van der Waals surface area contributed by atoms with Crippen LogP contribution >= 0.6 is 0 Å². The fraction of sp³-hybridized carbons (Fsp3) is 0.333. The summed E-state index contributed by atoms with van der Waals surface area (Å²) in [5.41, 5.74) is 1.81. The summed E-state index contributed by atoms with van der Waals surface area (Å²) in [6.45, 7) is 0. The number of nitrogens with two attached hydrogens (primary N) is 1. The van der Waals surface area contributed by atoms with E-state index in [4.69, 9.17) is 5.73 Å². The minimum atomic E-state index is -2.99. The average Bonchev–Trinajstić information content (AvgIpc) is 2.68. The van der Waals surface area contributed by atoms with Crippen molar-refractivity contribution < 1.29 is 39.6 Å². The van der Waals surface area contributed by atoms with Crippen LogP contribution in [-0.2, 0) is 25.6 Å². The van der Waals surface area contributed by atoms with Crippen LogP contribution in [0.2, 0.25) is 0 Å². The molecular weight excluding hydrogens is 408 g/mol. The Morgan fingerprint density at radius 3 is 2.32 bits per heavy atom. The van der Waals surface area contributed by atoms with Gasteiger partial charge in [-0.3, -0.25) is 19.2 Å². The lowest BCUT2D eigenvalue weighted by Crippen LogP contribution is -2.64. The summed E-state index contributed by atoms with van der Waals surface area (Å²) in [5.74, 6) is -9.84. The first-order valence-corrected chi connectivity index (χ1v) is 9.47. The van der Waals surface area contributed by atoms with Crippen LogP contribution in [0.4, 0.5) is 5.69 Å². The van der Waals surface area contributed by atoms with Gasteiger partial charge in [0.1, 0.15) is 17.1 Å². The molecule has 0 saturated heterocycles. The Kier molecular flexibility index (Phi) is 4.27. The summed E-state index contributed by atoms with van der Waals surface area (Å²) in [4.78, 5) is 52.2. The smallest absolute Gasteiger partial charge is 0.256 e. The molecule has 1 aromatic rings. The van der Waals surface area contributed by atoms with E-state index in [1.54, 1.807) is 25.1 Å². The molecular formula is C21H20N2O8. The lowest BCUT2D eigenvalue weighted by molar-refractivity contribution is -0.163. The average molecular weight is 428 g/mol. The Morgan fingerprint density at radius 2 is 1.74 bits per heavy atom. The third-order valence-electron chi connectivity index (χ3n) is 6.32. The predicted molar refractivity (Wildman–Crippen MR) is 106 cm³/mol. The van der Waals surface area contributed by atoms with Crippen molar-refractivity contribution in [3.8, 4) is 5.75 Å². The van der Waals surface area contributed by atoms with Gasteiger partial charge in [0.25, 0.3) is 5.91 Å². The fourth-order valence-electron chi connectivity index (χ4n) is 4.88. The molecule has 10 nitrogen and oxygen atoms in total. The summed E-state index contributed by atoms with van der Waals surface area (Å²) < 4.78 is 0. The molecule has 3 aliphatic rings. The Balaban J connectivity index is 1.96. The van der Waals surface area contributed by atoms with E-state index in [9.17, 15) is 39.6 Å². The predicted octanol–water partition coefficient (Wildman–Crippen LogP) is -0.331. The van der Waals surface area contributed by atoms with Crippen molar-refractivity contribution in [3.05, 3.63) is 40.2 Å². The second kappa shape index (κ2) is 6.42. The summed E-state index contributed by atoms with van der Waals surface area (Å²) >= 11 is 0. The van der Waals surface area contributed by atoms with Gasteiger partial charge >= 0.3 is 0 Å². The van der Waals surface area contributed by atoms with E-state index in [-0.39, 0.29) is 29.7 Å². The zero-order valence-corrected chi connectivity index (χ0v) is 16.7. The van der Waals surface area contributed by atoms with E-state index >= 15 is 0 Å². The third-order valence-corrected chi connectivity index (χ3v) is 6.32.